The number of hydrogen-bond donors (Lipinski definition) is 0. The van der Waals surface area contributed by atoms with Crippen LogP contribution in [-0.4, -0.2) is 47.3 Å². The molecule has 0 aromatic carbocycles. The van der Waals surface area contributed by atoms with Gasteiger partial charge in [0.1, 0.15) is 5.60 Å². The minimum atomic E-state index is -0.444. The predicted molar refractivity (Wildman–Crippen MR) is 78.9 cm³/mol. The maximum Gasteiger partial charge on any atom is 0.410 e. The van der Waals surface area contributed by atoms with Crippen LogP contribution in [0.2, 0.25) is 0 Å². The predicted octanol–water partition coefficient (Wildman–Crippen LogP) is 2.53. The molecule has 110 valence electrons. The lowest BCUT2D eigenvalue weighted by atomic mass is 10.1. The summed E-state index contributed by atoms with van der Waals surface area (Å²) in [5.41, 5.74) is 0.657. The van der Waals surface area contributed by atoms with Crippen LogP contribution in [0.3, 0.4) is 0 Å². The number of rotatable bonds is 1. The molecule has 1 aliphatic rings. The van der Waals surface area contributed by atoms with Crippen LogP contribution in [0.15, 0.2) is 24.5 Å². The van der Waals surface area contributed by atoms with E-state index in [1.54, 1.807) is 11.1 Å². The first-order chi connectivity index (χ1) is 9.37. The first-order valence-electron chi connectivity index (χ1n) is 7.01. The van der Waals surface area contributed by atoms with Crippen molar-refractivity contribution in [1.82, 2.24) is 9.88 Å². The zero-order chi connectivity index (χ0) is 14.8. The number of hydrogen-bond acceptors (Lipinski definition) is 4. The second-order valence-corrected chi connectivity index (χ2v) is 6.18. The van der Waals surface area contributed by atoms with E-state index in [0.29, 0.717) is 13.1 Å². The lowest BCUT2D eigenvalue weighted by molar-refractivity contribution is 0.0219. The largest absolute Gasteiger partial charge is 0.444 e. The third-order valence-electron chi connectivity index (χ3n) is 3.26. The van der Waals surface area contributed by atoms with Gasteiger partial charge in [-0.1, -0.05) is 0 Å². The smallest absolute Gasteiger partial charge is 0.410 e. The molecule has 0 spiro atoms. The first kappa shape index (κ1) is 14.6. The molecule has 2 rings (SSSR count). The Labute approximate surface area is 120 Å². The van der Waals surface area contributed by atoms with Gasteiger partial charge in [-0.2, -0.15) is 0 Å². The minimum absolute atomic E-state index is 0.227. The fourth-order valence-corrected chi connectivity index (χ4v) is 2.36. The van der Waals surface area contributed by atoms with E-state index in [1.807, 2.05) is 39.1 Å². The average molecular weight is 277 g/mol. The van der Waals surface area contributed by atoms with E-state index in [2.05, 4.69) is 16.8 Å². The van der Waals surface area contributed by atoms with Crippen LogP contribution in [0, 0.1) is 0 Å². The van der Waals surface area contributed by atoms with Crippen LogP contribution in [0.5, 0.6) is 0 Å². The molecule has 0 radical (unpaired) electrons. The molecule has 1 atom stereocenters. The number of pyridine rings is 1. The van der Waals surface area contributed by atoms with Gasteiger partial charge in [-0.25, -0.2) is 4.79 Å². The van der Waals surface area contributed by atoms with Gasteiger partial charge in [0.15, 0.2) is 0 Å². The van der Waals surface area contributed by atoms with E-state index in [0.717, 1.165) is 12.2 Å². The van der Waals surface area contributed by atoms with Crippen molar-refractivity contribution in [2.45, 2.75) is 39.3 Å². The number of carbonyl (C=O) groups excluding carboxylic acids is 1. The maximum absolute atomic E-state index is 12.1. The minimum Gasteiger partial charge on any atom is -0.444 e. The van der Waals surface area contributed by atoms with Crippen molar-refractivity contribution in [1.29, 1.82) is 0 Å². The van der Waals surface area contributed by atoms with Gasteiger partial charge in [0.05, 0.1) is 11.9 Å². The third kappa shape index (κ3) is 3.62. The molecule has 1 aromatic heterocycles. The van der Waals surface area contributed by atoms with E-state index >= 15 is 0 Å². The van der Waals surface area contributed by atoms with Crippen molar-refractivity contribution < 1.29 is 9.53 Å². The van der Waals surface area contributed by atoms with Crippen molar-refractivity contribution in [2.75, 3.05) is 24.5 Å². The molecule has 5 nitrogen and oxygen atoms in total. The summed E-state index contributed by atoms with van der Waals surface area (Å²) in [5.74, 6) is 0. The second kappa shape index (κ2) is 5.69. The van der Waals surface area contributed by atoms with Crippen LogP contribution >= 0.6 is 0 Å². The third-order valence-corrected chi connectivity index (χ3v) is 3.26. The van der Waals surface area contributed by atoms with Crippen molar-refractivity contribution in [2.24, 2.45) is 0 Å². The summed E-state index contributed by atoms with van der Waals surface area (Å²) in [4.78, 5) is 20.3. The van der Waals surface area contributed by atoms with Crippen LogP contribution < -0.4 is 4.90 Å². The van der Waals surface area contributed by atoms with E-state index in [-0.39, 0.29) is 12.1 Å². The van der Waals surface area contributed by atoms with E-state index in [9.17, 15) is 4.79 Å². The van der Waals surface area contributed by atoms with Gasteiger partial charge in [-0.15, -0.1) is 0 Å². The number of ether oxygens (including phenoxy) is 1. The van der Waals surface area contributed by atoms with Crippen LogP contribution in [0.1, 0.15) is 27.7 Å². The Bertz CT molecular complexity index is 456. The number of anilines is 1. The van der Waals surface area contributed by atoms with Gasteiger partial charge in [0.2, 0.25) is 0 Å². The monoisotopic (exact) mass is 277 g/mol. The lowest BCUT2D eigenvalue weighted by Crippen LogP contribution is -2.54. The van der Waals surface area contributed by atoms with Crippen molar-refractivity contribution in [3.05, 3.63) is 24.5 Å². The summed E-state index contributed by atoms with van der Waals surface area (Å²) in [6.45, 7) is 9.92. The topological polar surface area (TPSA) is 45.7 Å². The fourth-order valence-electron chi connectivity index (χ4n) is 2.36. The molecule has 1 amide bonds. The summed E-state index contributed by atoms with van der Waals surface area (Å²) in [5, 5.41) is 0. The van der Waals surface area contributed by atoms with Crippen molar-refractivity contribution in [3.8, 4) is 0 Å². The van der Waals surface area contributed by atoms with Crippen LogP contribution in [0.25, 0.3) is 0 Å². The first-order valence-corrected chi connectivity index (χ1v) is 7.01. The zero-order valence-electron chi connectivity index (χ0n) is 12.7. The highest BCUT2D eigenvalue weighted by Gasteiger charge is 2.29. The summed E-state index contributed by atoms with van der Waals surface area (Å²) in [7, 11) is 0. The van der Waals surface area contributed by atoms with E-state index in [1.165, 1.54) is 0 Å². The van der Waals surface area contributed by atoms with Crippen LogP contribution in [0.4, 0.5) is 10.5 Å². The fraction of sp³-hybridized carbons (Fsp3) is 0.600. The summed E-state index contributed by atoms with van der Waals surface area (Å²) in [6, 6.07) is 4.23. The van der Waals surface area contributed by atoms with Gasteiger partial charge in [-0.05, 0) is 39.8 Å². The number of nitrogens with zero attached hydrogens (tertiary/aromatic N) is 3. The van der Waals surface area contributed by atoms with Gasteiger partial charge in [-0.3, -0.25) is 4.98 Å². The highest BCUT2D eigenvalue weighted by atomic mass is 16.6. The second-order valence-electron chi connectivity index (χ2n) is 6.18. The zero-order valence-corrected chi connectivity index (χ0v) is 12.7. The molecule has 1 saturated heterocycles. The Kier molecular flexibility index (Phi) is 4.16. The molecule has 0 saturated carbocycles. The quantitative estimate of drug-likeness (QED) is 0.791. The SMILES string of the molecule is C[C@@H]1CN(C(=O)OC(C)(C)C)CCN1c1cccnc1. The lowest BCUT2D eigenvalue weighted by Gasteiger charge is -2.41. The molecule has 0 bridgehead atoms. The molecule has 5 heteroatoms. The van der Waals surface area contributed by atoms with Crippen molar-refractivity contribution in [3.63, 3.8) is 0 Å². The molecular weight excluding hydrogens is 254 g/mol. The standard InChI is InChI=1S/C15H23N3O2/c1-12-11-17(14(19)20-15(2,3)4)8-9-18(12)13-6-5-7-16-10-13/h5-7,10,12H,8-9,11H2,1-4H3/t12-/m1/s1. The van der Waals surface area contributed by atoms with Gasteiger partial charge < -0.3 is 14.5 Å². The number of amides is 1. The maximum atomic E-state index is 12.1. The van der Waals surface area contributed by atoms with Crippen LogP contribution in [-0.2, 0) is 4.74 Å². The van der Waals surface area contributed by atoms with Crippen molar-refractivity contribution >= 4 is 11.8 Å². The molecule has 0 unspecified atom stereocenters. The van der Waals surface area contributed by atoms with Gasteiger partial charge in [0.25, 0.3) is 0 Å². The Morgan fingerprint density at radius 3 is 2.70 bits per heavy atom. The summed E-state index contributed by atoms with van der Waals surface area (Å²) >= 11 is 0. The van der Waals surface area contributed by atoms with E-state index in [4.69, 9.17) is 4.74 Å². The number of aromatic nitrogens is 1. The molecular formula is C15H23N3O2. The Balaban J connectivity index is 1.97. The van der Waals surface area contributed by atoms with Gasteiger partial charge >= 0.3 is 6.09 Å². The van der Waals surface area contributed by atoms with Gasteiger partial charge in [0, 0.05) is 31.9 Å². The highest BCUT2D eigenvalue weighted by Crippen LogP contribution is 2.20. The average Bonchev–Trinajstić information content (AvgIpc) is 2.37. The Hall–Kier alpha value is -1.78. The normalized spacial score (nSPS) is 19.9. The summed E-state index contributed by atoms with van der Waals surface area (Å²) < 4.78 is 5.42. The molecule has 20 heavy (non-hydrogen) atoms. The Morgan fingerprint density at radius 1 is 1.40 bits per heavy atom. The molecule has 1 aromatic rings. The Morgan fingerprint density at radius 2 is 2.15 bits per heavy atom. The molecule has 2 heterocycles. The molecule has 1 aliphatic heterocycles. The summed E-state index contributed by atoms with van der Waals surface area (Å²) in [6.07, 6.45) is 3.40. The van der Waals surface area contributed by atoms with E-state index < -0.39 is 5.60 Å². The number of piperazine rings is 1. The molecule has 1 fully saturated rings. The molecule has 0 N–H and O–H groups in total. The highest BCUT2D eigenvalue weighted by molar-refractivity contribution is 5.68. The number of carbonyl (C=O) groups is 1. The molecule has 0 aliphatic carbocycles.